The highest BCUT2D eigenvalue weighted by Crippen LogP contribution is 2.23. The molecule has 6 heteroatoms. The van der Waals surface area contributed by atoms with Gasteiger partial charge in [0.2, 0.25) is 5.91 Å². The minimum atomic E-state index is -0.132. The zero-order valence-electron chi connectivity index (χ0n) is 15.9. The number of carbonyl (C=O) groups is 1. The van der Waals surface area contributed by atoms with Gasteiger partial charge < -0.3 is 20.1 Å². The smallest absolute Gasteiger partial charge is 0.239 e. The van der Waals surface area contributed by atoms with E-state index in [0.717, 1.165) is 17.0 Å². The number of ether oxygens (including phenoxy) is 2. The van der Waals surface area contributed by atoms with Crippen molar-refractivity contribution in [2.24, 2.45) is 0 Å². The summed E-state index contributed by atoms with van der Waals surface area (Å²) in [6.07, 6.45) is 0. The number of halogens is 1. The standard InChI is InChI=1S/C23H23ClN2O3/c24-20-11-5-4-8-18(20)16-26-23(27)17-25-21-12-6-7-13-22(21)29-15-14-28-19-9-2-1-3-10-19/h1-13,25H,14-17H2,(H,26,27). The summed E-state index contributed by atoms with van der Waals surface area (Å²) in [6, 6.07) is 24.5. The molecular formula is C23H23ClN2O3. The number of nitrogens with one attached hydrogen (secondary N) is 2. The number of para-hydroxylation sites is 3. The lowest BCUT2D eigenvalue weighted by Crippen LogP contribution is -2.29. The third kappa shape index (κ3) is 6.73. The summed E-state index contributed by atoms with van der Waals surface area (Å²) < 4.78 is 11.4. The van der Waals surface area contributed by atoms with E-state index in [1.807, 2.05) is 72.8 Å². The molecule has 0 aliphatic heterocycles. The van der Waals surface area contributed by atoms with Gasteiger partial charge in [-0.15, -0.1) is 0 Å². The Kier molecular flexibility index (Phi) is 7.78. The summed E-state index contributed by atoms with van der Waals surface area (Å²) in [5.74, 6) is 1.34. The molecule has 0 saturated carbocycles. The molecule has 0 radical (unpaired) electrons. The molecule has 2 N–H and O–H groups in total. The number of hydrogen-bond donors (Lipinski definition) is 2. The molecule has 0 fully saturated rings. The molecule has 0 bridgehead atoms. The fraction of sp³-hybridized carbons (Fsp3) is 0.174. The number of carbonyl (C=O) groups excluding carboxylic acids is 1. The Morgan fingerprint density at radius 1 is 0.828 bits per heavy atom. The summed E-state index contributed by atoms with van der Waals surface area (Å²) in [4.78, 5) is 12.2. The molecule has 3 rings (SSSR count). The third-order valence-electron chi connectivity index (χ3n) is 4.11. The van der Waals surface area contributed by atoms with Gasteiger partial charge in [-0.25, -0.2) is 0 Å². The van der Waals surface area contributed by atoms with Crippen LogP contribution in [0.5, 0.6) is 11.5 Å². The van der Waals surface area contributed by atoms with Crippen LogP contribution in [0.1, 0.15) is 5.56 Å². The van der Waals surface area contributed by atoms with Crippen molar-refractivity contribution in [1.29, 1.82) is 0 Å². The van der Waals surface area contributed by atoms with Crippen molar-refractivity contribution in [3.63, 3.8) is 0 Å². The normalized spacial score (nSPS) is 10.2. The second-order valence-corrected chi connectivity index (χ2v) is 6.64. The molecular weight excluding hydrogens is 388 g/mol. The maximum absolute atomic E-state index is 12.2. The van der Waals surface area contributed by atoms with Gasteiger partial charge in [-0.3, -0.25) is 4.79 Å². The zero-order valence-corrected chi connectivity index (χ0v) is 16.7. The quantitative estimate of drug-likeness (QED) is 0.482. The van der Waals surface area contributed by atoms with E-state index >= 15 is 0 Å². The SMILES string of the molecule is O=C(CNc1ccccc1OCCOc1ccccc1)NCc1ccccc1Cl. The summed E-state index contributed by atoms with van der Waals surface area (Å²) in [5, 5.41) is 6.60. The average molecular weight is 411 g/mol. The molecule has 0 atom stereocenters. The van der Waals surface area contributed by atoms with Crippen LogP contribution in [-0.4, -0.2) is 25.7 Å². The van der Waals surface area contributed by atoms with Crippen molar-refractivity contribution < 1.29 is 14.3 Å². The molecule has 0 saturated heterocycles. The van der Waals surface area contributed by atoms with Gasteiger partial charge in [0.15, 0.2) is 0 Å². The van der Waals surface area contributed by atoms with Crippen LogP contribution in [0.15, 0.2) is 78.9 Å². The van der Waals surface area contributed by atoms with E-state index < -0.39 is 0 Å². The molecule has 29 heavy (non-hydrogen) atoms. The zero-order chi connectivity index (χ0) is 20.3. The second-order valence-electron chi connectivity index (χ2n) is 6.23. The van der Waals surface area contributed by atoms with Crippen LogP contribution in [0, 0.1) is 0 Å². The molecule has 5 nitrogen and oxygen atoms in total. The largest absolute Gasteiger partial charge is 0.490 e. The highest BCUT2D eigenvalue weighted by Gasteiger charge is 2.07. The average Bonchev–Trinajstić information content (AvgIpc) is 2.76. The first-order valence-corrected chi connectivity index (χ1v) is 9.74. The van der Waals surface area contributed by atoms with Crippen molar-refractivity contribution in [2.75, 3.05) is 25.1 Å². The molecule has 0 aliphatic carbocycles. The molecule has 0 spiro atoms. The maximum Gasteiger partial charge on any atom is 0.239 e. The van der Waals surface area contributed by atoms with E-state index in [2.05, 4.69) is 10.6 Å². The highest BCUT2D eigenvalue weighted by atomic mass is 35.5. The molecule has 0 aromatic heterocycles. The fourth-order valence-corrected chi connectivity index (χ4v) is 2.84. The van der Waals surface area contributed by atoms with Crippen LogP contribution in [0.2, 0.25) is 5.02 Å². The van der Waals surface area contributed by atoms with E-state index in [1.165, 1.54) is 0 Å². The Balaban J connectivity index is 1.43. The van der Waals surface area contributed by atoms with Crippen molar-refractivity contribution in [2.45, 2.75) is 6.54 Å². The third-order valence-corrected chi connectivity index (χ3v) is 4.48. The Morgan fingerprint density at radius 2 is 1.52 bits per heavy atom. The van der Waals surface area contributed by atoms with Crippen molar-refractivity contribution in [3.05, 3.63) is 89.4 Å². The summed E-state index contributed by atoms with van der Waals surface area (Å²) in [7, 11) is 0. The number of rotatable bonds is 10. The van der Waals surface area contributed by atoms with E-state index in [-0.39, 0.29) is 12.5 Å². The van der Waals surface area contributed by atoms with Crippen LogP contribution in [0.3, 0.4) is 0 Å². The van der Waals surface area contributed by atoms with Gasteiger partial charge in [0.05, 0.1) is 12.2 Å². The maximum atomic E-state index is 12.2. The summed E-state index contributed by atoms with van der Waals surface area (Å²) in [5.41, 5.74) is 1.63. The first-order valence-electron chi connectivity index (χ1n) is 9.36. The number of hydrogen-bond acceptors (Lipinski definition) is 4. The lowest BCUT2D eigenvalue weighted by molar-refractivity contribution is -0.119. The van der Waals surface area contributed by atoms with Gasteiger partial charge in [0, 0.05) is 11.6 Å². The van der Waals surface area contributed by atoms with Gasteiger partial charge in [-0.05, 0) is 35.9 Å². The van der Waals surface area contributed by atoms with E-state index in [0.29, 0.717) is 30.5 Å². The Bertz CT molecular complexity index is 919. The van der Waals surface area contributed by atoms with E-state index in [1.54, 1.807) is 6.07 Å². The first kappa shape index (κ1) is 20.6. The van der Waals surface area contributed by atoms with Crippen LogP contribution in [-0.2, 0) is 11.3 Å². The van der Waals surface area contributed by atoms with Gasteiger partial charge in [0.1, 0.15) is 24.7 Å². The number of anilines is 1. The fourth-order valence-electron chi connectivity index (χ4n) is 2.64. The lowest BCUT2D eigenvalue weighted by Gasteiger charge is -2.14. The second kappa shape index (κ2) is 11.0. The Labute approximate surface area is 175 Å². The first-order chi connectivity index (χ1) is 14.2. The summed E-state index contributed by atoms with van der Waals surface area (Å²) >= 11 is 6.11. The Morgan fingerprint density at radius 3 is 2.34 bits per heavy atom. The monoisotopic (exact) mass is 410 g/mol. The van der Waals surface area contributed by atoms with Gasteiger partial charge in [-0.1, -0.05) is 60.1 Å². The molecule has 3 aromatic rings. The van der Waals surface area contributed by atoms with E-state index in [9.17, 15) is 4.79 Å². The summed E-state index contributed by atoms with van der Waals surface area (Å²) in [6.45, 7) is 1.34. The molecule has 0 aliphatic rings. The minimum absolute atomic E-state index is 0.130. The highest BCUT2D eigenvalue weighted by molar-refractivity contribution is 6.31. The molecule has 3 aromatic carbocycles. The van der Waals surface area contributed by atoms with Crippen LogP contribution < -0.4 is 20.1 Å². The van der Waals surface area contributed by atoms with E-state index in [4.69, 9.17) is 21.1 Å². The number of benzene rings is 3. The minimum Gasteiger partial charge on any atom is -0.490 e. The van der Waals surface area contributed by atoms with Crippen molar-refractivity contribution in [3.8, 4) is 11.5 Å². The van der Waals surface area contributed by atoms with Gasteiger partial charge >= 0.3 is 0 Å². The lowest BCUT2D eigenvalue weighted by atomic mass is 10.2. The number of amides is 1. The molecule has 1 amide bonds. The Hall–Kier alpha value is -3.18. The molecule has 0 unspecified atom stereocenters. The van der Waals surface area contributed by atoms with Crippen molar-refractivity contribution >= 4 is 23.2 Å². The van der Waals surface area contributed by atoms with Gasteiger partial charge in [-0.2, -0.15) is 0 Å². The molecule has 0 heterocycles. The topological polar surface area (TPSA) is 59.6 Å². The molecule has 150 valence electrons. The predicted molar refractivity (Wildman–Crippen MR) is 116 cm³/mol. The van der Waals surface area contributed by atoms with Gasteiger partial charge in [0.25, 0.3) is 0 Å². The van der Waals surface area contributed by atoms with Crippen molar-refractivity contribution in [1.82, 2.24) is 5.32 Å². The van der Waals surface area contributed by atoms with Crippen LogP contribution in [0.25, 0.3) is 0 Å². The predicted octanol–water partition coefficient (Wildman–Crippen LogP) is 4.53. The van der Waals surface area contributed by atoms with Crippen LogP contribution >= 0.6 is 11.6 Å². The van der Waals surface area contributed by atoms with Crippen LogP contribution in [0.4, 0.5) is 5.69 Å².